The molecule has 0 bridgehead atoms. The van der Waals surface area contributed by atoms with Crippen LogP contribution >= 0.6 is 0 Å². The SMILES string of the molecule is O=C(c1ccc(N2CCOCC2)nc1)N1CCC(C(=O)O)(c2ccccc2)CC1. The summed E-state index contributed by atoms with van der Waals surface area (Å²) in [6.45, 7) is 3.77. The molecule has 2 aliphatic heterocycles. The molecular formula is C22H25N3O4. The summed E-state index contributed by atoms with van der Waals surface area (Å²) in [4.78, 5) is 33.3. The van der Waals surface area contributed by atoms with E-state index in [2.05, 4.69) is 9.88 Å². The van der Waals surface area contributed by atoms with Crippen molar-refractivity contribution < 1.29 is 19.4 Å². The zero-order chi connectivity index (χ0) is 20.3. The van der Waals surface area contributed by atoms with Gasteiger partial charge in [-0.1, -0.05) is 30.3 Å². The van der Waals surface area contributed by atoms with Gasteiger partial charge >= 0.3 is 5.97 Å². The van der Waals surface area contributed by atoms with Crippen LogP contribution in [0.3, 0.4) is 0 Å². The molecule has 3 heterocycles. The molecule has 1 amide bonds. The van der Waals surface area contributed by atoms with Gasteiger partial charge in [-0.2, -0.15) is 0 Å². The van der Waals surface area contributed by atoms with E-state index in [1.54, 1.807) is 17.2 Å². The number of pyridine rings is 1. The third-order valence-corrected chi connectivity index (χ3v) is 5.97. The molecule has 0 aliphatic carbocycles. The van der Waals surface area contributed by atoms with E-state index in [1.165, 1.54) is 0 Å². The molecule has 2 aromatic rings. The van der Waals surface area contributed by atoms with Crippen molar-refractivity contribution in [2.75, 3.05) is 44.3 Å². The highest BCUT2D eigenvalue weighted by Crippen LogP contribution is 2.36. The number of hydrogen-bond donors (Lipinski definition) is 1. The lowest BCUT2D eigenvalue weighted by Gasteiger charge is -2.39. The van der Waals surface area contributed by atoms with Crippen molar-refractivity contribution >= 4 is 17.7 Å². The second-order valence-corrected chi connectivity index (χ2v) is 7.55. The summed E-state index contributed by atoms with van der Waals surface area (Å²) < 4.78 is 5.36. The predicted octanol–water partition coefficient (Wildman–Crippen LogP) is 2.18. The molecule has 29 heavy (non-hydrogen) atoms. The first kappa shape index (κ1) is 19.4. The minimum absolute atomic E-state index is 0.0990. The Bertz CT molecular complexity index is 855. The third kappa shape index (κ3) is 3.82. The van der Waals surface area contributed by atoms with Gasteiger partial charge in [0.1, 0.15) is 5.82 Å². The highest BCUT2D eigenvalue weighted by Gasteiger charge is 2.43. The average molecular weight is 395 g/mol. The Kier molecular flexibility index (Phi) is 5.49. The maximum absolute atomic E-state index is 12.9. The van der Waals surface area contributed by atoms with E-state index >= 15 is 0 Å². The number of aliphatic carboxylic acids is 1. The van der Waals surface area contributed by atoms with Gasteiger partial charge in [0.15, 0.2) is 0 Å². The van der Waals surface area contributed by atoms with E-state index in [1.807, 2.05) is 36.4 Å². The molecule has 2 aliphatic rings. The minimum Gasteiger partial charge on any atom is -0.481 e. The van der Waals surface area contributed by atoms with Crippen molar-refractivity contribution in [2.24, 2.45) is 0 Å². The average Bonchev–Trinajstić information content (AvgIpc) is 2.80. The Balaban J connectivity index is 1.44. The molecule has 0 saturated carbocycles. The zero-order valence-corrected chi connectivity index (χ0v) is 16.3. The Labute approximate surface area is 169 Å². The van der Waals surface area contributed by atoms with Gasteiger partial charge in [0.25, 0.3) is 5.91 Å². The van der Waals surface area contributed by atoms with Gasteiger partial charge in [0, 0.05) is 32.4 Å². The number of carbonyl (C=O) groups is 2. The highest BCUT2D eigenvalue weighted by molar-refractivity contribution is 5.94. The Morgan fingerprint density at radius 2 is 1.66 bits per heavy atom. The number of nitrogens with zero attached hydrogens (tertiary/aromatic N) is 3. The molecule has 2 saturated heterocycles. The number of hydrogen-bond acceptors (Lipinski definition) is 5. The number of ether oxygens (including phenoxy) is 1. The topological polar surface area (TPSA) is 83.0 Å². The fourth-order valence-electron chi connectivity index (χ4n) is 4.15. The number of carbonyl (C=O) groups excluding carboxylic acids is 1. The van der Waals surface area contributed by atoms with Crippen LogP contribution in [0.4, 0.5) is 5.82 Å². The standard InChI is InChI=1S/C22H25N3O4/c26-20(17-6-7-19(23-16-17)24-12-14-29-15-13-24)25-10-8-22(9-11-25,21(27)28)18-4-2-1-3-5-18/h1-7,16H,8-15H2,(H,27,28). The van der Waals surface area contributed by atoms with Gasteiger partial charge in [0.05, 0.1) is 24.2 Å². The van der Waals surface area contributed by atoms with Gasteiger partial charge in [0.2, 0.25) is 0 Å². The molecule has 1 aromatic heterocycles. The van der Waals surface area contributed by atoms with Crippen molar-refractivity contribution in [1.82, 2.24) is 9.88 Å². The van der Waals surface area contributed by atoms with E-state index in [4.69, 9.17) is 4.74 Å². The molecule has 7 heteroatoms. The lowest BCUT2D eigenvalue weighted by molar-refractivity contribution is -0.145. The molecule has 1 aromatic carbocycles. The fourth-order valence-corrected chi connectivity index (χ4v) is 4.15. The number of carboxylic acids is 1. The van der Waals surface area contributed by atoms with Crippen LogP contribution in [0.5, 0.6) is 0 Å². The Morgan fingerprint density at radius 1 is 0.966 bits per heavy atom. The zero-order valence-electron chi connectivity index (χ0n) is 16.3. The monoisotopic (exact) mass is 395 g/mol. The van der Waals surface area contributed by atoms with Gasteiger partial charge in [-0.25, -0.2) is 4.98 Å². The second kappa shape index (κ2) is 8.21. The van der Waals surface area contributed by atoms with Crippen LogP contribution in [-0.4, -0.2) is 66.3 Å². The summed E-state index contributed by atoms with van der Waals surface area (Å²) in [6, 6.07) is 13.0. The van der Waals surface area contributed by atoms with Gasteiger partial charge in [-0.15, -0.1) is 0 Å². The lowest BCUT2D eigenvalue weighted by atomic mass is 9.73. The fraction of sp³-hybridized carbons (Fsp3) is 0.409. The number of amides is 1. The van der Waals surface area contributed by atoms with Crippen molar-refractivity contribution in [3.63, 3.8) is 0 Å². The van der Waals surface area contributed by atoms with Crippen LogP contribution in [0.2, 0.25) is 0 Å². The summed E-state index contributed by atoms with van der Waals surface area (Å²) in [6.07, 6.45) is 2.41. The highest BCUT2D eigenvalue weighted by atomic mass is 16.5. The molecule has 152 valence electrons. The third-order valence-electron chi connectivity index (χ3n) is 5.97. The number of carboxylic acid groups (broad SMARTS) is 1. The summed E-state index contributed by atoms with van der Waals surface area (Å²) >= 11 is 0. The number of morpholine rings is 1. The first-order valence-electron chi connectivity index (χ1n) is 9.97. The van der Waals surface area contributed by atoms with Gasteiger partial charge in [-0.3, -0.25) is 9.59 Å². The van der Waals surface area contributed by atoms with Crippen LogP contribution in [0.1, 0.15) is 28.8 Å². The van der Waals surface area contributed by atoms with E-state index < -0.39 is 11.4 Å². The quantitative estimate of drug-likeness (QED) is 0.854. The van der Waals surface area contributed by atoms with E-state index in [-0.39, 0.29) is 5.91 Å². The van der Waals surface area contributed by atoms with E-state index in [9.17, 15) is 14.7 Å². The summed E-state index contributed by atoms with van der Waals surface area (Å²) in [7, 11) is 0. The molecule has 0 spiro atoms. The molecule has 1 N–H and O–H groups in total. The van der Waals surface area contributed by atoms with Gasteiger partial charge < -0.3 is 19.6 Å². The summed E-state index contributed by atoms with van der Waals surface area (Å²) in [5.41, 5.74) is 0.400. The first-order valence-corrected chi connectivity index (χ1v) is 9.97. The van der Waals surface area contributed by atoms with E-state index in [0.29, 0.717) is 44.7 Å². The molecule has 4 rings (SSSR count). The Hall–Kier alpha value is -2.93. The molecule has 0 radical (unpaired) electrons. The van der Waals surface area contributed by atoms with Crippen LogP contribution in [0.15, 0.2) is 48.7 Å². The number of anilines is 1. The number of piperidine rings is 1. The molecular weight excluding hydrogens is 370 g/mol. The smallest absolute Gasteiger partial charge is 0.314 e. The Morgan fingerprint density at radius 3 is 2.24 bits per heavy atom. The van der Waals surface area contributed by atoms with Crippen molar-refractivity contribution in [1.29, 1.82) is 0 Å². The van der Waals surface area contributed by atoms with Crippen LogP contribution < -0.4 is 4.90 Å². The molecule has 2 fully saturated rings. The van der Waals surface area contributed by atoms with Crippen molar-refractivity contribution in [2.45, 2.75) is 18.3 Å². The van der Waals surface area contributed by atoms with E-state index in [0.717, 1.165) is 24.5 Å². The largest absolute Gasteiger partial charge is 0.481 e. The number of benzene rings is 1. The maximum Gasteiger partial charge on any atom is 0.314 e. The summed E-state index contributed by atoms with van der Waals surface area (Å²) in [5, 5.41) is 9.91. The minimum atomic E-state index is -0.934. The van der Waals surface area contributed by atoms with Gasteiger partial charge in [-0.05, 0) is 30.5 Å². The number of rotatable bonds is 4. The normalized spacial score (nSPS) is 19.0. The molecule has 0 atom stereocenters. The molecule has 0 unspecified atom stereocenters. The first-order chi connectivity index (χ1) is 14.1. The van der Waals surface area contributed by atoms with Crippen molar-refractivity contribution in [3.05, 3.63) is 59.8 Å². The number of aromatic nitrogens is 1. The van der Waals surface area contributed by atoms with Crippen LogP contribution in [0.25, 0.3) is 0 Å². The lowest BCUT2D eigenvalue weighted by Crippen LogP contribution is -2.49. The van der Waals surface area contributed by atoms with Crippen LogP contribution in [0, 0.1) is 0 Å². The summed E-state index contributed by atoms with van der Waals surface area (Å²) in [5.74, 6) is -0.0807. The van der Waals surface area contributed by atoms with Crippen LogP contribution in [-0.2, 0) is 14.9 Å². The van der Waals surface area contributed by atoms with Crippen molar-refractivity contribution in [3.8, 4) is 0 Å². The predicted molar refractivity (Wildman–Crippen MR) is 108 cm³/mol. The molecule has 7 nitrogen and oxygen atoms in total. The number of likely N-dealkylation sites (tertiary alicyclic amines) is 1. The second-order valence-electron chi connectivity index (χ2n) is 7.55. The maximum atomic E-state index is 12.9.